The highest BCUT2D eigenvalue weighted by Gasteiger charge is 2.49. The molecule has 3 fully saturated rings. The third-order valence-corrected chi connectivity index (χ3v) is 7.74. The Hall–Kier alpha value is -1.19. The van der Waals surface area contributed by atoms with Crippen LogP contribution in [0.25, 0.3) is 0 Å². The zero-order valence-electron chi connectivity index (χ0n) is 13.6. The number of piperazine rings is 1. The Kier molecular flexibility index (Phi) is 4.04. The van der Waals surface area contributed by atoms with E-state index in [2.05, 4.69) is 15.2 Å². The lowest BCUT2D eigenvalue weighted by Gasteiger charge is -2.43. The summed E-state index contributed by atoms with van der Waals surface area (Å²) in [5, 5.41) is 5.37. The molecule has 0 spiro atoms. The molecule has 2 unspecified atom stereocenters. The molecule has 0 aromatic carbocycles. The summed E-state index contributed by atoms with van der Waals surface area (Å²) in [6.07, 6.45) is 2.49. The fraction of sp³-hybridized carbons (Fsp3) is 0.733. The smallest absolute Gasteiger partial charge is 0.273 e. The van der Waals surface area contributed by atoms with Crippen LogP contribution in [0.2, 0.25) is 0 Å². The van der Waals surface area contributed by atoms with Gasteiger partial charge in [0.05, 0.1) is 17.5 Å². The van der Waals surface area contributed by atoms with Gasteiger partial charge in [-0.1, -0.05) is 0 Å². The summed E-state index contributed by atoms with van der Waals surface area (Å²) >= 11 is 1.39. The average Bonchev–Trinajstić information content (AvgIpc) is 3.10. The number of carbonyl (C=O) groups is 1. The SMILES string of the molecule is CNc1nc(C(=O)N2CCN(CC3CC3)C3CS(=O)(=O)CC32)cs1. The summed E-state index contributed by atoms with van der Waals surface area (Å²) in [5.41, 5.74) is 0.406. The van der Waals surface area contributed by atoms with Crippen LogP contribution in [0.1, 0.15) is 23.3 Å². The fourth-order valence-corrected chi connectivity index (χ4v) is 6.43. The minimum absolute atomic E-state index is 0.0595. The maximum absolute atomic E-state index is 12.9. The highest BCUT2D eigenvalue weighted by Crippen LogP contribution is 2.34. The Bertz CT molecular complexity index is 744. The number of nitrogens with zero attached hydrogens (tertiary/aromatic N) is 3. The summed E-state index contributed by atoms with van der Waals surface area (Å²) in [4.78, 5) is 21.2. The van der Waals surface area contributed by atoms with Gasteiger partial charge in [0.2, 0.25) is 0 Å². The first kappa shape index (κ1) is 16.3. The molecule has 3 aliphatic rings. The van der Waals surface area contributed by atoms with Crippen molar-refractivity contribution in [3.63, 3.8) is 0 Å². The molecule has 2 aliphatic heterocycles. The quantitative estimate of drug-likeness (QED) is 0.832. The molecule has 1 aromatic rings. The van der Waals surface area contributed by atoms with Crippen molar-refractivity contribution in [1.29, 1.82) is 0 Å². The van der Waals surface area contributed by atoms with Crippen molar-refractivity contribution in [1.82, 2.24) is 14.8 Å². The van der Waals surface area contributed by atoms with Gasteiger partial charge in [0, 0.05) is 38.1 Å². The summed E-state index contributed by atoms with van der Waals surface area (Å²) in [7, 11) is -1.32. The standard InChI is InChI=1S/C15H22N4O3S2/c1-16-15-17-11(7-23-15)14(20)19-5-4-18(6-10-2-3-10)12-8-24(21,22)9-13(12)19/h7,10,12-13H,2-6,8-9H2,1H3,(H,16,17). The van der Waals surface area contributed by atoms with E-state index in [1.807, 2.05) is 0 Å². The second-order valence-electron chi connectivity index (χ2n) is 6.94. The van der Waals surface area contributed by atoms with Crippen molar-refractivity contribution in [3.8, 4) is 0 Å². The molecule has 0 bridgehead atoms. The van der Waals surface area contributed by atoms with Crippen LogP contribution in [0.15, 0.2) is 5.38 Å². The molecule has 1 amide bonds. The number of nitrogens with one attached hydrogen (secondary N) is 1. The summed E-state index contributed by atoms with van der Waals surface area (Å²) in [6.45, 7) is 2.30. The van der Waals surface area contributed by atoms with E-state index in [1.54, 1.807) is 17.3 Å². The lowest BCUT2D eigenvalue weighted by Crippen LogP contribution is -2.60. The lowest BCUT2D eigenvalue weighted by atomic mass is 10.0. The molecule has 1 saturated carbocycles. The van der Waals surface area contributed by atoms with Crippen LogP contribution < -0.4 is 5.32 Å². The first-order chi connectivity index (χ1) is 11.5. The molecule has 0 radical (unpaired) electrons. The van der Waals surface area contributed by atoms with Gasteiger partial charge in [-0.3, -0.25) is 9.69 Å². The van der Waals surface area contributed by atoms with Gasteiger partial charge in [-0.2, -0.15) is 0 Å². The van der Waals surface area contributed by atoms with Crippen LogP contribution in [-0.2, 0) is 9.84 Å². The highest BCUT2D eigenvalue weighted by molar-refractivity contribution is 7.91. The van der Waals surface area contributed by atoms with Crippen LogP contribution in [-0.4, -0.2) is 79.4 Å². The molecule has 24 heavy (non-hydrogen) atoms. The fourth-order valence-electron chi connectivity index (χ4n) is 3.77. The monoisotopic (exact) mass is 370 g/mol. The van der Waals surface area contributed by atoms with Crippen molar-refractivity contribution in [2.45, 2.75) is 24.9 Å². The number of thiazole rings is 1. The van der Waals surface area contributed by atoms with E-state index in [9.17, 15) is 13.2 Å². The van der Waals surface area contributed by atoms with E-state index >= 15 is 0 Å². The Morgan fingerprint density at radius 3 is 2.75 bits per heavy atom. The van der Waals surface area contributed by atoms with Crippen molar-refractivity contribution in [2.24, 2.45) is 5.92 Å². The van der Waals surface area contributed by atoms with Crippen LogP contribution in [0, 0.1) is 5.92 Å². The maximum atomic E-state index is 12.9. The van der Waals surface area contributed by atoms with Gasteiger partial charge in [0.1, 0.15) is 5.69 Å². The predicted molar refractivity (Wildman–Crippen MR) is 93.2 cm³/mol. The maximum Gasteiger partial charge on any atom is 0.273 e. The number of hydrogen-bond donors (Lipinski definition) is 1. The molecule has 9 heteroatoms. The Balaban J connectivity index is 1.56. The first-order valence-electron chi connectivity index (χ1n) is 8.35. The zero-order valence-corrected chi connectivity index (χ0v) is 15.3. The Morgan fingerprint density at radius 2 is 2.08 bits per heavy atom. The molecule has 1 aromatic heterocycles. The van der Waals surface area contributed by atoms with Crippen LogP contribution in [0.4, 0.5) is 5.13 Å². The van der Waals surface area contributed by atoms with Crippen molar-refractivity contribution < 1.29 is 13.2 Å². The zero-order chi connectivity index (χ0) is 16.9. The van der Waals surface area contributed by atoms with Gasteiger partial charge in [0.25, 0.3) is 5.91 Å². The average molecular weight is 371 g/mol. The van der Waals surface area contributed by atoms with E-state index in [0.29, 0.717) is 23.3 Å². The van der Waals surface area contributed by atoms with Crippen molar-refractivity contribution >= 4 is 32.2 Å². The van der Waals surface area contributed by atoms with Crippen LogP contribution in [0.3, 0.4) is 0 Å². The van der Waals surface area contributed by atoms with E-state index < -0.39 is 9.84 Å². The minimum Gasteiger partial charge on any atom is -0.365 e. The summed E-state index contributed by atoms with van der Waals surface area (Å²) in [5.74, 6) is 0.819. The lowest BCUT2D eigenvalue weighted by molar-refractivity contribution is 0.0314. The topological polar surface area (TPSA) is 82.6 Å². The Labute approximate surface area is 146 Å². The second-order valence-corrected chi connectivity index (χ2v) is 9.95. The number of aromatic nitrogens is 1. The number of anilines is 1. The summed E-state index contributed by atoms with van der Waals surface area (Å²) in [6, 6.07) is -0.301. The van der Waals surface area contributed by atoms with Crippen LogP contribution in [0.5, 0.6) is 0 Å². The number of hydrogen-bond acceptors (Lipinski definition) is 7. The molecular weight excluding hydrogens is 348 g/mol. The van der Waals surface area contributed by atoms with Gasteiger partial charge in [-0.25, -0.2) is 13.4 Å². The number of carbonyl (C=O) groups excluding carboxylic acids is 1. The van der Waals surface area contributed by atoms with Gasteiger partial charge >= 0.3 is 0 Å². The van der Waals surface area contributed by atoms with E-state index in [-0.39, 0.29) is 29.5 Å². The number of fused-ring (bicyclic) bond motifs is 1. The Morgan fingerprint density at radius 1 is 1.33 bits per heavy atom. The van der Waals surface area contributed by atoms with Gasteiger partial charge in [-0.05, 0) is 18.8 Å². The van der Waals surface area contributed by atoms with Crippen molar-refractivity contribution in [3.05, 3.63) is 11.1 Å². The van der Waals surface area contributed by atoms with Crippen LogP contribution >= 0.6 is 11.3 Å². The number of sulfone groups is 1. The molecule has 2 atom stereocenters. The third kappa shape index (κ3) is 3.04. The normalized spacial score (nSPS) is 29.5. The highest BCUT2D eigenvalue weighted by atomic mass is 32.2. The molecular formula is C15H22N4O3S2. The van der Waals surface area contributed by atoms with Crippen molar-refractivity contribution in [2.75, 3.05) is 43.5 Å². The molecule has 4 rings (SSSR count). The van der Waals surface area contributed by atoms with Gasteiger partial charge in [-0.15, -0.1) is 11.3 Å². The minimum atomic E-state index is -3.09. The number of rotatable bonds is 4. The molecule has 1 N–H and O–H groups in total. The molecule has 7 nitrogen and oxygen atoms in total. The molecule has 1 aliphatic carbocycles. The van der Waals surface area contributed by atoms with Gasteiger partial charge < -0.3 is 10.2 Å². The molecule has 3 heterocycles. The van der Waals surface area contributed by atoms with E-state index in [1.165, 1.54) is 24.2 Å². The largest absolute Gasteiger partial charge is 0.365 e. The van der Waals surface area contributed by atoms with E-state index in [4.69, 9.17) is 0 Å². The first-order valence-corrected chi connectivity index (χ1v) is 11.1. The summed E-state index contributed by atoms with van der Waals surface area (Å²) < 4.78 is 24.4. The number of amides is 1. The third-order valence-electron chi connectivity index (χ3n) is 5.18. The molecule has 2 saturated heterocycles. The predicted octanol–water partition coefficient (Wildman–Crippen LogP) is 0.518. The van der Waals surface area contributed by atoms with E-state index in [0.717, 1.165) is 13.1 Å². The molecule has 132 valence electrons. The van der Waals surface area contributed by atoms with Gasteiger partial charge in [0.15, 0.2) is 15.0 Å². The second kappa shape index (κ2) is 5.96.